The van der Waals surface area contributed by atoms with Crippen molar-refractivity contribution in [1.82, 2.24) is 5.32 Å². The van der Waals surface area contributed by atoms with E-state index in [0.717, 1.165) is 12.8 Å². The fraction of sp³-hybridized carbons (Fsp3) is 0.533. The summed E-state index contributed by atoms with van der Waals surface area (Å²) in [5.41, 5.74) is 0.694. The van der Waals surface area contributed by atoms with Gasteiger partial charge in [0, 0.05) is 18.7 Å². The van der Waals surface area contributed by atoms with Crippen molar-refractivity contribution in [2.45, 2.75) is 39.7 Å². The van der Waals surface area contributed by atoms with Gasteiger partial charge in [0.2, 0.25) is 0 Å². The van der Waals surface area contributed by atoms with Crippen LogP contribution in [0.5, 0.6) is 0 Å². The van der Waals surface area contributed by atoms with Crippen LogP contribution in [0.4, 0.5) is 11.4 Å². The van der Waals surface area contributed by atoms with E-state index < -0.39 is 4.92 Å². The molecule has 1 saturated carbocycles. The third-order valence-electron chi connectivity index (χ3n) is 3.85. The summed E-state index contributed by atoms with van der Waals surface area (Å²) in [5, 5.41) is 17.1. The molecule has 2 N–H and O–H groups in total. The number of para-hydroxylation sites is 1. The molecule has 6 heteroatoms. The SMILES string of the molecule is CCCNc1c(C(=O)NC2CC2(C)C)cccc1[N+](=O)[O-]. The van der Waals surface area contributed by atoms with E-state index in [9.17, 15) is 14.9 Å². The van der Waals surface area contributed by atoms with Gasteiger partial charge in [-0.3, -0.25) is 14.9 Å². The van der Waals surface area contributed by atoms with Crippen LogP contribution in [-0.4, -0.2) is 23.4 Å². The summed E-state index contributed by atoms with van der Waals surface area (Å²) in [6.07, 6.45) is 1.76. The molecular weight excluding hydrogens is 270 g/mol. The molecule has 0 radical (unpaired) electrons. The second-order valence-corrected chi connectivity index (χ2v) is 6.10. The summed E-state index contributed by atoms with van der Waals surface area (Å²) < 4.78 is 0. The Balaban J connectivity index is 2.26. The first-order chi connectivity index (χ1) is 9.86. The van der Waals surface area contributed by atoms with E-state index in [1.807, 2.05) is 6.92 Å². The average Bonchev–Trinajstić information content (AvgIpc) is 3.02. The molecule has 0 spiro atoms. The smallest absolute Gasteiger partial charge is 0.293 e. The topological polar surface area (TPSA) is 84.3 Å². The molecule has 0 heterocycles. The van der Waals surface area contributed by atoms with Gasteiger partial charge in [-0.05, 0) is 24.3 Å². The van der Waals surface area contributed by atoms with E-state index in [2.05, 4.69) is 24.5 Å². The van der Waals surface area contributed by atoms with E-state index in [1.165, 1.54) is 6.07 Å². The van der Waals surface area contributed by atoms with Gasteiger partial charge in [0.25, 0.3) is 11.6 Å². The van der Waals surface area contributed by atoms with Crippen molar-refractivity contribution in [2.75, 3.05) is 11.9 Å². The molecule has 0 aliphatic heterocycles. The van der Waals surface area contributed by atoms with Gasteiger partial charge >= 0.3 is 0 Å². The van der Waals surface area contributed by atoms with Gasteiger partial charge in [-0.25, -0.2) is 0 Å². The predicted octanol–water partition coefficient (Wildman–Crippen LogP) is 2.95. The quantitative estimate of drug-likeness (QED) is 0.623. The average molecular weight is 291 g/mol. The third-order valence-corrected chi connectivity index (χ3v) is 3.85. The van der Waals surface area contributed by atoms with Crippen LogP contribution in [0, 0.1) is 15.5 Å². The van der Waals surface area contributed by atoms with E-state index in [4.69, 9.17) is 0 Å². The van der Waals surface area contributed by atoms with Gasteiger partial charge in [-0.15, -0.1) is 0 Å². The standard InChI is InChI=1S/C15H21N3O3/c1-4-8-16-13-10(6-5-7-11(13)18(20)21)14(19)17-12-9-15(12,2)3/h5-7,12,16H,4,8-9H2,1-3H3,(H,17,19). The Labute approximate surface area is 124 Å². The van der Waals surface area contributed by atoms with Gasteiger partial charge in [0.05, 0.1) is 10.5 Å². The Bertz CT molecular complexity index is 569. The number of hydrogen-bond donors (Lipinski definition) is 2. The minimum Gasteiger partial charge on any atom is -0.379 e. The molecule has 1 aliphatic rings. The molecular formula is C15H21N3O3. The lowest BCUT2D eigenvalue weighted by Crippen LogP contribution is -2.29. The van der Waals surface area contributed by atoms with E-state index in [0.29, 0.717) is 17.8 Å². The maximum absolute atomic E-state index is 12.4. The molecule has 1 aliphatic carbocycles. The van der Waals surface area contributed by atoms with Crippen molar-refractivity contribution < 1.29 is 9.72 Å². The Morgan fingerprint density at radius 3 is 2.67 bits per heavy atom. The number of nitro groups is 1. The van der Waals surface area contributed by atoms with Crippen molar-refractivity contribution in [2.24, 2.45) is 5.41 Å². The predicted molar refractivity (Wildman–Crippen MR) is 81.5 cm³/mol. The lowest BCUT2D eigenvalue weighted by Gasteiger charge is -2.12. The Hall–Kier alpha value is -2.11. The number of benzene rings is 1. The van der Waals surface area contributed by atoms with E-state index in [1.54, 1.807) is 12.1 Å². The molecule has 0 saturated heterocycles. The first-order valence-electron chi connectivity index (χ1n) is 7.19. The number of carbonyl (C=O) groups excluding carboxylic acids is 1. The van der Waals surface area contributed by atoms with Crippen LogP contribution < -0.4 is 10.6 Å². The lowest BCUT2D eigenvalue weighted by atomic mass is 10.1. The van der Waals surface area contributed by atoms with Gasteiger partial charge in [0.1, 0.15) is 5.69 Å². The summed E-state index contributed by atoms with van der Waals surface area (Å²) in [6.45, 7) is 6.72. The molecule has 6 nitrogen and oxygen atoms in total. The van der Waals surface area contributed by atoms with Crippen molar-refractivity contribution in [3.63, 3.8) is 0 Å². The highest BCUT2D eigenvalue weighted by molar-refractivity contribution is 6.02. The second-order valence-electron chi connectivity index (χ2n) is 6.10. The van der Waals surface area contributed by atoms with Crippen LogP contribution in [0.2, 0.25) is 0 Å². The zero-order valence-electron chi connectivity index (χ0n) is 12.6. The zero-order chi connectivity index (χ0) is 15.6. The van der Waals surface area contributed by atoms with Gasteiger partial charge in [0.15, 0.2) is 0 Å². The van der Waals surface area contributed by atoms with Crippen LogP contribution >= 0.6 is 0 Å². The van der Waals surface area contributed by atoms with Crippen molar-refractivity contribution in [1.29, 1.82) is 0 Å². The number of nitro benzene ring substituents is 1. The Morgan fingerprint density at radius 2 is 2.14 bits per heavy atom. The van der Waals surface area contributed by atoms with Crippen LogP contribution in [0.1, 0.15) is 44.0 Å². The Morgan fingerprint density at radius 1 is 1.48 bits per heavy atom. The largest absolute Gasteiger partial charge is 0.379 e. The molecule has 1 fully saturated rings. The second kappa shape index (κ2) is 5.71. The van der Waals surface area contributed by atoms with Crippen LogP contribution in [-0.2, 0) is 0 Å². The summed E-state index contributed by atoms with van der Waals surface area (Å²) >= 11 is 0. The minimum atomic E-state index is -0.462. The molecule has 114 valence electrons. The molecule has 1 atom stereocenters. The van der Waals surface area contributed by atoms with E-state index >= 15 is 0 Å². The molecule has 0 aromatic heterocycles. The lowest BCUT2D eigenvalue weighted by molar-refractivity contribution is -0.384. The van der Waals surface area contributed by atoms with Crippen LogP contribution in [0.3, 0.4) is 0 Å². The van der Waals surface area contributed by atoms with Crippen molar-refractivity contribution >= 4 is 17.3 Å². The number of anilines is 1. The maximum atomic E-state index is 12.4. The monoisotopic (exact) mass is 291 g/mol. The number of nitrogens with zero attached hydrogens (tertiary/aromatic N) is 1. The zero-order valence-corrected chi connectivity index (χ0v) is 12.6. The molecule has 1 aromatic carbocycles. The molecule has 1 aromatic rings. The summed E-state index contributed by atoms with van der Waals surface area (Å²) in [4.78, 5) is 23.0. The highest BCUT2D eigenvalue weighted by atomic mass is 16.6. The number of rotatable bonds is 6. The molecule has 1 amide bonds. The summed E-state index contributed by atoms with van der Waals surface area (Å²) in [7, 11) is 0. The first kappa shape index (κ1) is 15.3. The highest BCUT2D eigenvalue weighted by Crippen LogP contribution is 2.44. The van der Waals surface area contributed by atoms with Crippen molar-refractivity contribution in [3.8, 4) is 0 Å². The van der Waals surface area contributed by atoms with Crippen LogP contribution in [0.25, 0.3) is 0 Å². The number of nitrogens with one attached hydrogen (secondary N) is 2. The fourth-order valence-electron chi connectivity index (χ4n) is 2.27. The summed E-state index contributed by atoms with van der Waals surface area (Å²) in [6, 6.07) is 4.72. The maximum Gasteiger partial charge on any atom is 0.293 e. The number of amides is 1. The molecule has 1 unspecified atom stereocenters. The highest BCUT2D eigenvalue weighted by Gasteiger charge is 2.46. The molecule has 0 bridgehead atoms. The van der Waals surface area contributed by atoms with Gasteiger partial charge in [-0.2, -0.15) is 0 Å². The van der Waals surface area contributed by atoms with E-state index in [-0.39, 0.29) is 23.1 Å². The van der Waals surface area contributed by atoms with Crippen LogP contribution in [0.15, 0.2) is 18.2 Å². The van der Waals surface area contributed by atoms with Crippen molar-refractivity contribution in [3.05, 3.63) is 33.9 Å². The first-order valence-corrected chi connectivity index (χ1v) is 7.19. The molecule has 2 rings (SSSR count). The summed E-state index contributed by atoms with van der Waals surface area (Å²) in [5.74, 6) is -0.257. The van der Waals surface area contributed by atoms with Gasteiger partial charge < -0.3 is 10.6 Å². The minimum absolute atomic E-state index is 0.0637. The number of carbonyl (C=O) groups is 1. The number of hydrogen-bond acceptors (Lipinski definition) is 4. The third kappa shape index (κ3) is 3.32. The normalized spacial score (nSPS) is 18.9. The fourth-order valence-corrected chi connectivity index (χ4v) is 2.27. The molecule has 21 heavy (non-hydrogen) atoms. The Kier molecular flexibility index (Phi) is 4.16. The van der Waals surface area contributed by atoms with Gasteiger partial charge in [-0.1, -0.05) is 26.8 Å².